The molecule has 0 radical (unpaired) electrons. The zero-order valence-electron chi connectivity index (χ0n) is 6.74. The number of hydrogen-bond acceptors (Lipinski definition) is 3. The Morgan fingerprint density at radius 3 is 3.00 bits per heavy atom. The molecule has 2 aromatic rings. The number of nitrogens with zero attached hydrogens (tertiary/aromatic N) is 1. The molecule has 0 aliphatic heterocycles. The fourth-order valence-electron chi connectivity index (χ4n) is 1.18. The molecule has 13 heavy (non-hydrogen) atoms. The number of anilines is 1. The second-order valence-electron chi connectivity index (χ2n) is 2.58. The van der Waals surface area contributed by atoms with Crippen molar-refractivity contribution in [3.8, 4) is 17.3 Å². The summed E-state index contributed by atoms with van der Waals surface area (Å²) in [5, 5.41) is 8.78. The van der Waals surface area contributed by atoms with Crippen LogP contribution in [0.3, 0.4) is 0 Å². The van der Waals surface area contributed by atoms with Crippen molar-refractivity contribution in [1.29, 1.82) is 5.26 Å². The van der Waals surface area contributed by atoms with Gasteiger partial charge in [-0.25, -0.2) is 0 Å². The molecule has 2 aromatic heterocycles. The molecule has 0 bridgehead atoms. The number of aromatic amines is 1. The minimum absolute atomic E-state index is 0.159. The number of nitrogens with two attached hydrogens (primary N) is 1. The Morgan fingerprint density at radius 1 is 1.54 bits per heavy atom. The summed E-state index contributed by atoms with van der Waals surface area (Å²) in [6, 6.07) is 5.69. The lowest BCUT2D eigenvalue weighted by molar-refractivity contribution is 0.588. The molecule has 0 spiro atoms. The molecule has 2 heterocycles. The van der Waals surface area contributed by atoms with Crippen molar-refractivity contribution in [3.05, 3.63) is 30.2 Å². The highest BCUT2D eigenvalue weighted by Gasteiger charge is 2.12. The zero-order valence-corrected chi connectivity index (χ0v) is 6.74. The van der Waals surface area contributed by atoms with E-state index in [0.29, 0.717) is 11.1 Å². The van der Waals surface area contributed by atoms with E-state index in [1.165, 1.54) is 6.26 Å². The van der Waals surface area contributed by atoms with E-state index in [0.717, 1.165) is 5.69 Å². The van der Waals surface area contributed by atoms with Crippen LogP contribution in [0, 0.1) is 11.3 Å². The Hall–Kier alpha value is -2.15. The standard InChI is InChI=1S/C9H7N3O/c10-4-6-7(5-13-9(6)11)8-2-1-3-12-8/h1-3,5,12H,11H2. The molecule has 4 heteroatoms. The van der Waals surface area contributed by atoms with E-state index < -0.39 is 0 Å². The molecule has 64 valence electrons. The molecule has 0 aromatic carbocycles. The first kappa shape index (κ1) is 7.50. The minimum atomic E-state index is 0.159. The first-order valence-electron chi connectivity index (χ1n) is 3.73. The van der Waals surface area contributed by atoms with E-state index in [4.69, 9.17) is 15.4 Å². The van der Waals surface area contributed by atoms with Crippen LogP contribution in [0.1, 0.15) is 5.56 Å². The molecule has 0 aliphatic carbocycles. The average molecular weight is 173 g/mol. The lowest BCUT2D eigenvalue weighted by Crippen LogP contribution is -1.85. The average Bonchev–Trinajstić information content (AvgIpc) is 2.71. The Kier molecular flexibility index (Phi) is 1.57. The van der Waals surface area contributed by atoms with Crippen LogP contribution in [0.25, 0.3) is 11.3 Å². The molecule has 4 nitrogen and oxygen atoms in total. The summed E-state index contributed by atoms with van der Waals surface area (Å²) in [6.07, 6.45) is 3.25. The molecule has 0 fully saturated rings. The SMILES string of the molecule is N#Cc1c(-c2ccc[nH]2)coc1N. The van der Waals surface area contributed by atoms with Crippen LogP contribution < -0.4 is 5.73 Å². The highest BCUT2D eigenvalue weighted by molar-refractivity contribution is 5.72. The lowest BCUT2D eigenvalue weighted by atomic mass is 10.1. The minimum Gasteiger partial charge on any atom is -0.447 e. The van der Waals surface area contributed by atoms with Crippen molar-refractivity contribution in [2.24, 2.45) is 0 Å². The highest BCUT2D eigenvalue weighted by atomic mass is 16.3. The van der Waals surface area contributed by atoms with E-state index in [2.05, 4.69) is 4.98 Å². The van der Waals surface area contributed by atoms with Crippen LogP contribution in [-0.2, 0) is 0 Å². The van der Waals surface area contributed by atoms with Gasteiger partial charge in [0.2, 0.25) is 5.88 Å². The quantitative estimate of drug-likeness (QED) is 0.689. The summed E-state index contributed by atoms with van der Waals surface area (Å²) in [5.41, 5.74) is 7.36. The third-order valence-electron chi connectivity index (χ3n) is 1.82. The second-order valence-corrected chi connectivity index (χ2v) is 2.58. The first-order chi connectivity index (χ1) is 6.33. The molecular formula is C9H7N3O. The molecule has 3 N–H and O–H groups in total. The molecule has 0 unspecified atom stereocenters. The molecule has 0 aliphatic rings. The van der Waals surface area contributed by atoms with Gasteiger partial charge in [0.25, 0.3) is 0 Å². The number of aromatic nitrogens is 1. The summed E-state index contributed by atoms with van der Waals surface area (Å²) < 4.78 is 4.95. The largest absolute Gasteiger partial charge is 0.447 e. The van der Waals surface area contributed by atoms with Gasteiger partial charge in [-0.3, -0.25) is 0 Å². The monoisotopic (exact) mass is 173 g/mol. The van der Waals surface area contributed by atoms with Crippen LogP contribution in [0.15, 0.2) is 29.0 Å². The van der Waals surface area contributed by atoms with Crippen molar-refractivity contribution in [2.75, 3.05) is 5.73 Å². The third kappa shape index (κ3) is 1.07. The maximum atomic E-state index is 8.78. The smallest absolute Gasteiger partial charge is 0.208 e. The van der Waals surface area contributed by atoms with Gasteiger partial charge in [-0.2, -0.15) is 5.26 Å². The number of rotatable bonds is 1. The van der Waals surface area contributed by atoms with Crippen molar-refractivity contribution < 1.29 is 4.42 Å². The summed E-state index contributed by atoms with van der Waals surface area (Å²) in [5.74, 6) is 0.159. The van der Waals surface area contributed by atoms with Crippen LogP contribution in [0.4, 0.5) is 5.88 Å². The Bertz CT molecular complexity index is 448. The number of nitrogen functional groups attached to an aromatic ring is 1. The number of H-pyrrole nitrogens is 1. The van der Waals surface area contributed by atoms with E-state index in [-0.39, 0.29) is 5.88 Å². The van der Waals surface area contributed by atoms with Crippen molar-refractivity contribution >= 4 is 5.88 Å². The van der Waals surface area contributed by atoms with Gasteiger partial charge in [0, 0.05) is 6.20 Å². The topological polar surface area (TPSA) is 78.7 Å². The summed E-state index contributed by atoms with van der Waals surface area (Å²) in [7, 11) is 0. The lowest BCUT2D eigenvalue weighted by Gasteiger charge is -1.90. The number of furan rings is 1. The molecule has 0 amide bonds. The molecule has 0 saturated heterocycles. The molecular weight excluding hydrogens is 166 g/mol. The number of nitrogens with one attached hydrogen (secondary N) is 1. The molecule has 0 saturated carbocycles. The summed E-state index contributed by atoms with van der Waals surface area (Å²) >= 11 is 0. The fraction of sp³-hybridized carbons (Fsp3) is 0. The van der Waals surface area contributed by atoms with Crippen molar-refractivity contribution in [3.63, 3.8) is 0 Å². The van der Waals surface area contributed by atoms with Crippen LogP contribution in [-0.4, -0.2) is 4.98 Å². The van der Waals surface area contributed by atoms with E-state index >= 15 is 0 Å². The second kappa shape index (κ2) is 2.72. The fourth-order valence-corrected chi connectivity index (χ4v) is 1.18. The zero-order chi connectivity index (χ0) is 9.26. The third-order valence-corrected chi connectivity index (χ3v) is 1.82. The van der Waals surface area contributed by atoms with Crippen LogP contribution in [0.2, 0.25) is 0 Å². The Labute approximate surface area is 74.6 Å². The predicted octanol–water partition coefficient (Wildman–Crippen LogP) is 1.73. The van der Waals surface area contributed by atoms with Gasteiger partial charge in [-0.15, -0.1) is 0 Å². The maximum absolute atomic E-state index is 8.78. The summed E-state index contributed by atoms with van der Waals surface area (Å²) in [6.45, 7) is 0. The van der Waals surface area contributed by atoms with Crippen molar-refractivity contribution in [1.82, 2.24) is 4.98 Å². The van der Waals surface area contributed by atoms with Crippen LogP contribution >= 0.6 is 0 Å². The van der Waals surface area contributed by atoms with E-state index in [1.54, 1.807) is 6.20 Å². The van der Waals surface area contributed by atoms with Gasteiger partial charge in [-0.05, 0) is 12.1 Å². The summed E-state index contributed by atoms with van der Waals surface area (Å²) in [4.78, 5) is 2.97. The van der Waals surface area contributed by atoms with Gasteiger partial charge in [0.1, 0.15) is 17.9 Å². The van der Waals surface area contributed by atoms with Gasteiger partial charge >= 0.3 is 0 Å². The molecule has 2 rings (SSSR count). The van der Waals surface area contributed by atoms with E-state index in [1.807, 2.05) is 18.2 Å². The number of hydrogen-bond donors (Lipinski definition) is 2. The Balaban J connectivity index is 2.60. The highest BCUT2D eigenvalue weighted by Crippen LogP contribution is 2.27. The van der Waals surface area contributed by atoms with E-state index in [9.17, 15) is 0 Å². The maximum Gasteiger partial charge on any atom is 0.208 e. The van der Waals surface area contributed by atoms with Crippen molar-refractivity contribution in [2.45, 2.75) is 0 Å². The first-order valence-corrected chi connectivity index (χ1v) is 3.73. The predicted molar refractivity (Wildman–Crippen MR) is 47.6 cm³/mol. The molecule has 0 atom stereocenters. The Morgan fingerprint density at radius 2 is 2.38 bits per heavy atom. The van der Waals surface area contributed by atoms with Gasteiger partial charge in [0.05, 0.1) is 11.3 Å². The van der Waals surface area contributed by atoms with Gasteiger partial charge < -0.3 is 15.1 Å². The normalized spacial score (nSPS) is 9.77. The van der Waals surface area contributed by atoms with Gasteiger partial charge in [-0.1, -0.05) is 0 Å². The van der Waals surface area contributed by atoms with Gasteiger partial charge in [0.15, 0.2) is 0 Å². The van der Waals surface area contributed by atoms with Crippen LogP contribution in [0.5, 0.6) is 0 Å². The number of nitriles is 1.